The molecule has 2 N–H and O–H groups in total. The van der Waals surface area contributed by atoms with Crippen molar-refractivity contribution in [2.75, 3.05) is 32.8 Å². The fourth-order valence-electron chi connectivity index (χ4n) is 3.38. The molecule has 0 spiro atoms. The summed E-state index contributed by atoms with van der Waals surface area (Å²) < 4.78 is 11.1. The highest BCUT2D eigenvalue weighted by Gasteiger charge is 2.25. The zero-order chi connectivity index (χ0) is 15.9. The van der Waals surface area contributed by atoms with E-state index < -0.39 is 0 Å². The Labute approximate surface area is 137 Å². The number of rotatable bonds is 6. The van der Waals surface area contributed by atoms with Gasteiger partial charge in [-0.15, -0.1) is 0 Å². The van der Waals surface area contributed by atoms with Gasteiger partial charge in [0.2, 0.25) is 0 Å². The predicted molar refractivity (Wildman–Crippen MR) is 87.2 cm³/mol. The first kappa shape index (κ1) is 16.3. The lowest BCUT2D eigenvalue weighted by Crippen LogP contribution is -2.45. The third-order valence-electron chi connectivity index (χ3n) is 4.67. The predicted octanol–water partition coefficient (Wildman–Crippen LogP) is 2.28. The number of nitrogens with one attached hydrogen (secondary N) is 2. The maximum absolute atomic E-state index is 12.0. The molecule has 128 valence electrons. The van der Waals surface area contributed by atoms with Gasteiger partial charge in [0.1, 0.15) is 5.76 Å². The minimum absolute atomic E-state index is 0.110. The highest BCUT2D eigenvalue weighted by Crippen LogP contribution is 2.24. The van der Waals surface area contributed by atoms with E-state index in [0.717, 1.165) is 38.3 Å². The number of likely N-dealkylation sites (tertiary alicyclic amines) is 1. The Bertz CT molecular complexity index is 465. The van der Waals surface area contributed by atoms with E-state index in [0.29, 0.717) is 13.1 Å². The van der Waals surface area contributed by atoms with Gasteiger partial charge in [-0.1, -0.05) is 6.42 Å². The number of carbonyl (C=O) groups excluding carboxylic acids is 1. The maximum Gasteiger partial charge on any atom is 0.314 e. The van der Waals surface area contributed by atoms with Crippen LogP contribution in [0.3, 0.4) is 0 Å². The lowest BCUT2D eigenvalue weighted by Gasteiger charge is -2.33. The molecule has 3 heterocycles. The zero-order valence-corrected chi connectivity index (χ0v) is 13.6. The highest BCUT2D eigenvalue weighted by molar-refractivity contribution is 5.73. The van der Waals surface area contributed by atoms with Gasteiger partial charge in [0.15, 0.2) is 0 Å². The van der Waals surface area contributed by atoms with E-state index in [1.54, 1.807) is 6.26 Å². The summed E-state index contributed by atoms with van der Waals surface area (Å²) >= 11 is 0. The second-order valence-electron chi connectivity index (χ2n) is 6.35. The van der Waals surface area contributed by atoms with Gasteiger partial charge in [0.05, 0.1) is 18.4 Å². The van der Waals surface area contributed by atoms with Crippen LogP contribution in [0.5, 0.6) is 0 Å². The van der Waals surface area contributed by atoms with E-state index in [2.05, 4.69) is 15.5 Å². The molecule has 2 fully saturated rings. The van der Waals surface area contributed by atoms with Crippen molar-refractivity contribution in [1.82, 2.24) is 15.5 Å². The van der Waals surface area contributed by atoms with Crippen molar-refractivity contribution < 1.29 is 13.9 Å². The molecule has 2 saturated heterocycles. The molecule has 23 heavy (non-hydrogen) atoms. The van der Waals surface area contributed by atoms with Crippen LogP contribution in [0, 0.1) is 0 Å². The molecule has 0 bridgehead atoms. The average Bonchev–Trinajstić information content (AvgIpc) is 3.28. The number of urea groups is 1. The molecule has 1 aromatic heterocycles. The zero-order valence-electron chi connectivity index (χ0n) is 13.6. The number of nitrogens with zero attached hydrogens (tertiary/aromatic N) is 1. The summed E-state index contributed by atoms with van der Waals surface area (Å²) in [6.45, 7) is 4.07. The van der Waals surface area contributed by atoms with Gasteiger partial charge >= 0.3 is 6.03 Å². The van der Waals surface area contributed by atoms with Crippen LogP contribution >= 0.6 is 0 Å². The third kappa shape index (κ3) is 4.72. The molecular formula is C17H27N3O3. The van der Waals surface area contributed by atoms with Crippen molar-refractivity contribution in [3.8, 4) is 0 Å². The highest BCUT2D eigenvalue weighted by atomic mass is 16.5. The Morgan fingerprint density at radius 1 is 1.26 bits per heavy atom. The number of hydrogen-bond donors (Lipinski definition) is 2. The topological polar surface area (TPSA) is 66.7 Å². The molecule has 3 rings (SSSR count). The van der Waals surface area contributed by atoms with E-state index >= 15 is 0 Å². The van der Waals surface area contributed by atoms with Crippen molar-refractivity contribution in [1.29, 1.82) is 0 Å². The standard InChI is InChI=1S/C17H27N3O3/c21-17(18-12-14-6-4-10-22-14)19-13-15(16-7-5-11-23-16)20-8-2-1-3-9-20/h5,7,11,14-15H,1-4,6,8-10,12-13H2,(H2,18,19,21)/t14-,15+/m1/s1. The number of amides is 2. The Kier molecular flexibility index (Phi) is 5.93. The Hall–Kier alpha value is -1.53. The average molecular weight is 321 g/mol. The third-order valence-corrected chi connectivity index (χ3v) is 4.67. The fraction of sp³-hybridized carbons (Fsp3) is 0.706. The molecule has 6 nitrogen and oxygen atoms in total. The van der Waals surface area contributed by atoms with E-state index in [1.165, 1.54) is 19.3 Å². The molecule has 0 radical (unpaired) electrons. The summed E-state index contributed by atoms with van der Waals surface area (Å²) in [5, 5.41) is 5.89. The summed E-state index contributed by atoms with van der Waals surface area (Å²) in [5.74, 6) is 0.923. The molecule has 0 unspecified atom stereocenters. The van der Waals surface area contributed by atoms with Crippen LogP contribution in [0.1, 0.15) is 43.9 Å². The van der Waals surface area contributed by atoms with Crippen LogP contribution < -0.4 is 10.6 Å². The first-order valence-corrected chi connectivity index (χ1v) is 8.73. The summed E-state index contributed by atoms with van der Waals surface area (Å²) in [5.41, 5.74) is 0. The molecule has 2 aliphatic rings. The number of piperidine rings is 1. The molecular weight excluding hydrogens is 294 g/mol. The minimum atomic E-state index is -0.130. The van der Waals surface area contributed by atoms with E-state index in [9.17, 15) is 4.79 Å². The van der Waals surface area contributed by atoms with Gasteiger partial charge in [0, 0.05) is 19.7 Å². The quantitative estimate of drug-likeness (QED) is 0.843. The van der Waals surface area contributed by atoms with Gasteiger partial charge < -0.3 is 19.8 Å². The maximum atomic E-state index is 12.0. The van der Waals surface area contributed by atoms with Crippen LogP contribution in [-0.4, -0.2) is 49.8 Å². The minimum Gasteiger partial charge on any atom is -0.468 e. The molecule has 0 saturated carbocycles. The van der Waals surface area contributed by atoms with E-state index in [-0.39, 0.29) is 18.2 Å². The van der Waals surface area contributed by atoms with E-state index in [1.807, 2.05) is 12.1 Å². The summed E-state index contributed by atoms with van der Waals surface area (Å²) in [4.78, 5) is 14.4. The van der Waals surface area contributed by atoms with Gasteiger partial charge in [-0.25, -0.2) is 4.79 Å². The SMILES string of the molecule is O=C(NC[C@H]1CCCO1)NC[C@@H](c1ccco1)N1CCCCC1. The number of carbonyl (C=O) groups is 1. The van der Waals surface area contributed by atoms with Crippen LogP contribution in [0.15, 0.2) is 22.8 Å². The largest absolute Gasteiger partial charge is 0.468 e. The number of hydrogen-bond acceptors (Lipinski definition) is 4. The lowest BCUT2D eigenvalue weighted by atomic mass is 10.1. The normalized spacial score (nSPS) is 23.6. The molecule has 0 aliphatic carbocycles. The number of furan rings is 1. The molecule has 0 aromatic carbocycles. The van der Waals surface area contributed by atoms with Crippen LogP contribution in [0.2, 0.25) is 0 Å². The van der Waals surface area contributed by atoms with Crippen molar-refractivity contribution in [3.63, 3.8) is 0 Å². The first-order valence-electron chi connectivity index (χ1n) is 8.73. The van der Waals surface area contributed by atoms with Gasteiger partial charge in [-0.2, -0.15) is 0 Å². The van der Waals surface area contributed by atoms with Gasteiger partial charge in [-0.05, 0) is 50.9 Å². The molecule has 2 atom stereocenters. The Morgan fingerprint density at radius 2 is 2.13 bits per heavy atom. The van der Waals surface area contributed by atoms with Gasteiger partial charge in [-0.3, -0.25) is 4.90 Å². The van der Waals surface area contributed by atoms with Gasteiger partial charge in [0.25, 0.3) is 0 Å². The smallest absolute Gasteiger partial charge is 0.314 e. The Balaban J connectivity index is 1.48. The van der Waals surface area contributed by atoms with Crippen molar-refractivity contribution in [3.05, 3.63) is 24.2 Å². The fourth-order valence-corrected chi connectivity index (χ4v) is 3.38. The Morgan fingerprint density at radius 3 is 2.83 bits per heavy atom. The van der Waals surface area contributed by atoms with Crippen molar-refractivity contribution in [2.24, 2.45) is 0 Å². The second kappa shape index (κ2) is 8.36. The number of ether oxygens (including phenoxy) is 1. The monoisotopic (exact) mass is 321 g/mol. The van der Waals surface area contributed by atoms with Crippen molar-refractivity contribution in [2.45, 2.75) is 44.2 Å². The molecule has 2 aliphatic heterocycles. The molecule has 2 amide bonds. The summed E-state index contributed by atoms with van der Waals surface area (Å²) in [7, 11) is 0. The lowest BCUT2D eigenvalue weighted by molar-refractivity contribution is 0.110. The van der Waals surface area contributed by atoms with Crippen LogP contribution in [0.4, 0.5) is 4.79 Å². The van der Waals surface area contributed by atoms with Crippen LogP contribution in [0.25, 0.3) is 0 Å². The molecule has 6 heteroatoms. The molecule has 1 aromatic rings. The van der Waals surface area contributed by atoms with Crippen molar-refractivity contribution >= 4 is 6.03 Å². The summed E-state index contributed by atoms with van der Waals surface area (Å²) in [6.07, 6.45) is 7.70. The van der Waals surface area contributed by atoms with Crippen LogP contribution in [-0.2, 0) is 4.74 Å². The second-order valence-corrected chi connectivity index (χ2v) is 6.35. The van der Waals surface area contributed by atoms with E-state index in [4.69, 9.17) is 9.15 Å². The first-order chi connectivity index (χ1) is 11.3. The summed E-state index contributed by atoms with van der Waals surface area (Å²) in [6, 6.07) is 3.88.